The van der Waals surface area contributed by atoms with Gasteiger partial charge in [0.05, 0.1) is 12.1 Å². The summed E-state index contributed by atoms with van der Waals surface area (Å²) in [5.41, 5.74) is 0.979. The molecule has 1 nitrogen and oxygen atoms in total. The Morgan fingerprint density at radius 1 is 1.27 bits per heavy atom. The van der Waals surface area contributed by atoms with Gasteiger partial charge in [0.2, 0.25) is 0 Å². The highest BCUT2D eigenvalue weighted by Gasteiger charge is 1.96. The fourth-order valence-electron chi connectivity index (χ4n) is 1.07. The molecule has 0 bridgehead atoms. The number of nitrogens with one attached hydrogen (secondary N) is 1. The molecule has 0 unspecified atom stereocenters. The van der Waals surface area contributed by atoms with Crippen molar-refractivity contribution in [3.63, 3.8) is 0 Å². The van der Waals surface area contributed by atoms with Gasteiger partial charge in [-0.1, -0.05) is 6.07 Å². The average Bonchev–Trinajstić information content (AvgIpc) is 2.50. The van der Waals surface area contributed by atoms with Crippen LogP contribution in [0.3, 0.4) is 0 Å². The van der Waals surface area contributed by atoms with Gasteiger partial charge in [0, 0.05) is 16.6 Å². The van der Waals surface area contributed by atoms with E-state index in [0.717, 1.165) is 10.9 Å². The lowest BCUT2D eigenvalue weighted by Crippen LogP contribution is -1.68. The Labute approximate surface area is 67.9 Å². The minimum Gasteiger partial charge on any atom is -0.361 e. The molecule has 0 aliphatic heterocycles. The number of aromatic amines is 1. The van der Waals surface area contributed by atoms with Gasteiger partial charge in [0.25, 0.3) is 0 Å². The topological polar surface area (TPSA) is 15.8 Å². The molecule has 1 N–H and O–H groups in total. The van der Waals surface area contributed by atoms with Crippen molar-refractivity contribution < 1.29 is 3.89 Å². The second kappa shape index (κ2) is 2.58. The van der Waals surface area contributed by atoms with Crippen molar-refractivity contribution >= 4 is 23.1 Å². The molecule has 1 heterocycles. The third kappa shape index (κ3) is 1.12. The predicted octanol–water partition coefficient (Wildman–Crippen LogP) is 3.14. The predicted molar refractivity (Wildman–Crippen MR) is 45.3 cm³/mol. The molecule has 0 aliphatic carbocycles. The van der Waals surface area contributed by atoms with Crippen LogP contribution in [0.25, 0.3) is 10.9 Å². The average molecular weight is 167 g/mol. The molecule has 0 fully saturated rings. The van der Waals surface area contributed by atoms with Crippen molar-refractivity contribution in [1.82, 2.24) is 4.98 Å². The van der Waals surface area contributed by atoms with Gasteiger partial charge >= 0.3 is 0 Å². The molecule has 2 aromatic rings. The standard InChI is InChI=1S/C8H6FNS/c9-11-7-2-1-6-3-4-10-8(6)5-7/h1-5,10H. The van der Waals surface area contributed by atoms with Crippen LogP contribution in [0.1, 0.15) is 0 Å². The fourth-order valence-corrected chi connectivity index (χ4v) is 1.36. The lowest BCUT2D eigenvalue weighted by Gasteiger charge is -1.91. The zero-order valence-corrected chi connectivity index (χ0v) is 6.49. The van der Waals surface area contributed by atoms with E-state index in [0.29, 0.717) is 4.90 Å². The largest absolute Gasteiger partial charge is 0.361 e. The summed E-state index contributed by atoms with van der Waals surface area (Å²) in [5.74, 6) is 0. The summed E-state index contributed by atoms with van der Waals surface area (Å²) >= 11 is 0.267. The molecule has 0 atom stereocenters. The third-order valence-corrected chi connectivity index (χ3v) is 2.05. The van der Waals surface area contributed by atoms with Gasteiger partial charge in [0.1, 0.15) is 0 Å². The number of rotatable bonds is 1. The summed E-state index contributed by atoms with van der Waals surface area (Å²) in [6, 6.07) is 7.41. The normalized spacial score (nSPS) is 10.6. The van der Waals surface area contributed by atoms with Crippen molar-refractivity contribution in [3.05, 3.63) is 30.5 Å². The molecule has 0 radical (unpaired) electrons. The van der Waals surface area contributed by atoms with E-state index < -0.39 is 0 Å². The lowest BCUT2D eigenvalue weighted by atomic mass is 10.2. The molecule has 1 aromatic heterocycles. The Kier molecular flexibility index (Phi) is 1.58. The van der Waals surface area contributed by atoms with Crippen LogP contribution in [0.4, 0.5) is 3.89 Å². The maximum absolute atomic E-state index is 12.1. The minimum absolute atomic E-state index is 0.267. The van der Waals surface area contributed by atoms with Crippen molar-refractivity contribution in [2.45, 2.75) is 4.90 Å². The molecule has 0 saturated carbocycles. The Morgan fingerprint density at radius 2 is 2.18 bits per heavy atom. The summed E-state index contributed by atoms with van der Waals surface area (Å²) in [5, 5.41) is 1.11. The highest BCUT2D eigenvalue weighted by atomic mass is 32.2. The highest BCUT2D eigenvalue weighted by Crippen LogP contribution is 2.22. The zero-order chi connectivity index (χ0) is 7.68. The van der Waals surface area contributed by atoms with Crippen LogP contribution in [0.2, 0.25) is 0 Å². The smallest absolute Gasteiger partial charge is 0.0812 e. The highest BCUT2D eigenvalue weighted by molar-refractivity contribution is 7.94. The summed E-state index contributed by atoms with van der Waals surface area (Å²) in [7, 11) is 0. The van der Waals surface area contributed by atoms with Crippen molar-refractivity contribution in [1.29, 1.82) is 0 Å². The molecular formula is C8H6FNS. The number of hydrogen-bond acceptors (Lipinski definition) is 1. The van der Waals surface area contributed by atoms with E-state index >= 15 is 0 Å². The number of H-pyrrole nitrogens is 1. The van der Waals surface area contributed by atoms with Crippen LogP contribution >= 0.6 is 12.1 Å². The SMILES string of the molecule is FSc1ccc2cc[nH]c2c1. The minimum atomic E-state index is 0.267. The Bertz CT molecular complexity index is 369. The van der Waals surface area contributed by atoms with E-state index in [2.05, 4.69) is 4.98 Å². The van der Waals surface area contributed by atoms with Crippen molar-refractivity contribution in [2.75, 3.05) is 0 Å². The summed E-state index contributed by atoms with van der Waals surface area (Å²) in [6.45, 7) is 0. The van der Waals surface area contributed by atoms with Gasteiger partial charge < -0.3 is 4.98 Å². The van der Waals surface area contributed by atoms with Crippen molar-refractivity contribution in [2.24, 2.45) is 0 Å². The van der Waals surface area contributed by atoms with Crippen LogP contribution in [0.5, 0.6) is 0 Å². The first kappa shape index (κ1) is 6.73. The molecule has 0 aliphatic rings. The van der Waals surface area contributed by atoms with Gasteiger partial charge in [-0.2, -0.15) is 3.89 Å². The monoisotopic (exact) mass is 167 g/mol. The number of aromatic nitrogens is 1. The van der Waals surface area contributed by atoms with E-state index in [4.69, 9.17) is 0 Å². The number of halogens is 1. The van der Waals surface area contributed by atoms with Crippen LogP contribution < -0.4 is 0 Å². The van der Waals surface area contributed by atoms with Gasteiger partial charge in [-0.05, 0) is 23.6 Å². The molecule has 0 amide bonds. The van der Waals surface area contributed by atoms with Crippen molar-refractivity contribution in [3.8, 4) is 0 Å². The molecular weight excluding hydrogens is 161 g/mol. The Balaban J connectivity index is 2.67. The quantitative estimate of drug-likeness (QED) is 0.689. The fraction of sp³-hybridized carbons (Fsp3) is 0. The first-order valence-corrected chi connectivity index (χ1v) is 3.97. The second-order valence-electron chi connectivity index (χ2n) is 2.30. The van der Waals surface area contributed by atoms with Crippen LogP contribution in [0, 0.1) is 0 Å². The van der Waals surface area contributed by atoms with E-state index in [1.807, 2.05) is 18.3 Å². The van der Waals surface area contributed by atoms with E-state index in [-0.39, 0.29) is 12.1 Å². The molecule has 56 valence electrons. The lowest BCUT2D eigenvalue weighted by molar-refractivity contribution is 0.934. The maximum atomic E-state index is 12.1. The van der Waals surface area contributed by atoms with E-state index in [1.54, 1.807) is 12.1 Å². The molecule has 11 heavy (non-hydrogen) atoms. The molecule has 2 rings (SSSR count). The van der Waals surface area contributed by atoms with E-state index in [1.165, 1.54) is 0 Å². The first-order chi connectivity index (χ1) is 5.40. The maximum Gasteiger partial charge on any atom is 0.0812 e. The van der Waals surface area contributed by atoms with Crippen LogP contribution in [-0.2, 0) is 0 Å². The third-order valence-electron chi connectivity index (χ3n) is 1.62. The summed E-state index contributed by atoms with van der Waals surface area (Å²) in [4.78, 5) is 3.65. The zero-order valence-electron chi connectivity index (χ0n) is 5.67. The Hall–Kier alpha value is -0.960. The summed E-state index contributed by atoms with van der Waals surface area (Å²) in [6.07, 6.45) is 1.84. The van der Waals surface area contributed by atoms with Crippen LogP contribution in [-0.4, -0.2) is 4.98 Å². The van der Waals surface area contributed by atoms with E-state index in [9.17, 15) is 3.89 Å². The summed E-state index contributed by atoms with van der Waals surface area (Å²) < 4.78 is 12.1. The molecule has 0 spiro atoms. The number of fused-ring (bicyclic) bond motifs is 1. The van der Waals surface area contributed by atoms with Gasteiger partial charge in [0.15, 0.2) is 0 Å². The van der Waals surface area contributed by atoms with Gasteiger partial charge in [-0.15, -0.1) is 0 Å². The first-order valence-electron chi connectivity index (χ1n) is 3.26. The molecule has 1 aromatic carbocycles. The molecule has 0 saturated heterocycles. The number of hydrogen-bond donors (Lipinski definition) is 1. The van der Waals surface area contributed by atoms with Gasteiger partial charge in [-0.25, -0.2) is 0 Å². The molecule has 3 heteroatoms. The number of benzene rings is 1. The second-order valence-corrected chi connectivity index (χ2v) is 2.93. The van der Waals surface area contributed by atoms with Crippen LogP contribution in [0.15, 0.2) is 35.4 Å². The van der Waals surface area contributed by atoms with Gasteiger partial charge in [-0.3, -0.25) is 0 Å². The Morgan fingerprint density at radius 3 is 3.00 bits per heavy atom.